The fourth-order valence-corrected chi connectivity index (χ4v) is 2.60. The van der Waals surface area contributed by atoms with E-state index in [4.69, 9.17) is 5.11 Å². The number of anilines is 1. The van der Waals surface area contributed by atoms with Crippen LogP contribution in [0.5, 0.6) is 0 Å². The quantitative estimate of drug-likeness (QED) is 0.814. The molecule has 1 amide bonds. The maximum Gasteiger partial charge on any atom is 0.256 e. The molecule has 0 spiro atoms. The minimum Gasteiger partial charge on any atom is -0.384 e. The molecule has 3 nitrogen and oxygen atoms in total. The molecular formula is C14H9BrFNO2S. The molecule has 0 aliphatic carbocycles. The predicted octanol–water partition coefficient (Wildman–Crippen LogP) is 3.25. The summed E-state index contributed by atoms with van der Waals surface area (Å²) < 4.78 is 14.5. The highest BCUT2D eigenvalue weighted by molar-refractivity contribution is 9.11. The van der Waals surface area contributed by atoms with Crippen molar-refractivity contribution >= 4 is 38.9 Å². The van der Waals surface area contributed by atoms with E-state index in [-0.39, 0.29) is 18.1 Å². The number of benzene rings is 1. The third-order valence-electron chi connectivity index (χ3n) is 2.36. The van der Waals surface area contributed by atoms with E-state index >= 15 is 0 Å². The number of nitrogens with one attached hydrogen (secondary N) is 1. The highest BCUT2D eigenvalue weighted by Gasteiger charge is 2.09. The van der Waals surface area contributed by atoms with Crippen LogP contribution in [-0.2, 0) is 0 Å². The Balaban J connectivity index is 2.14. The largest absolute Gasteiger partial charge is 0.384 e. The summed E-state index contributed by atoms with van der Waals surface area (Å²) in [6.07, 6.45) is 0. The number of carbonyl (C=O) groups excluding carboxylic acids is 1. The van der Waals surface area contributed by atoms with Crippen LogP contribution in [0.2, 0.25) is 0 Å². The first-order chi connectivity index (χ1) is 9.60. The van der Waals surface area contributed by atoms with Crippen LogP contribution in [-0.4, -0.2) is 17.6 Å². The van der Waals surface area contributed by atoms with Gasteiger partial charge in [0.05, 0.1) is 14.9 Å². The fourth-order valence-electron chi connectivity index (χ4n) is 1.46. The number of thiophene rings is 1. The van der Waals surface area contributed by atoms with Crippen molar-refractivity contribution in [3.63, 3.8) is 0 Å². The first-order valence-corrected chi connectivity index (χ1v) is 7.22. The van der Waals surface area contributed by atoms with Crippen molar-refractivity contribution in [3.05, 3.63) is 50.4 Å². The molecule has 6 heteroatoms. The molecule has 1 heterocycles. The summed E-state index contributed by atoms with van der Waals surface area (Å²) in [4.78, 5) is 11.9. The Labute approximate surface area is 127 Å². The van der Waals surface area contributed by atoms with Crippen molar-refractivity contribution < 1.29 is 14.3 Å². The molecule has 0 aliphatic heterocycles. The van der Waals surface area contributed by atoms with Crippen molar-refractivity contribution in [2.24, 2.45) is 0 Å². The molecule has 0 unspecified atom stereocenters. The van der Waals surface area contributed by atoms with Crippen LogP contribution in [0.1, 0.15) is 15.9 Å². The van der Waals surface area contributed by atoms with Crippen molar-refractivity contribution in [2.75, 3.05) is 11.9 Å². The van der Waals surface area contributed by atoms with Gasteiger partial charge in [-0.05, 0) is 40.2 Å². The number of hydrogen-bond donors (Lipinski definition) is 2. The van der Waals surface area contributed by atoms with Crippen molar-refractivity contribution in [2.45, 2.75) is 0 Å². The van der Waals surface area contributed by atoms with Gasteiger partial charge in [0.25, 0.3) is 5.91 Å². The van der Waals surface area contributed by atoms with Crippen LogP contribution < -0.4 is 5.32 Å². The van der Waals surface area contributed by atoms with Gasteiger partial charge in [0.1, 0.15) is 12.4 Å². The smallest absolute Gasteiger partial charge is 0.256 e. The molecule has 0 atom stereocenters. The summed E-state index contributed by atoms with van der Waals surface area (Å²) in [5, 5.41) is 12.9. The van der Waals surface area contributed by atoms with Crippen LogP contribution in [0.25, 0.3) is 0 Å². The van der Waals surface area contributed by atoms with Crippen LogP contribution in [0.3, 0.4) is 0 Å². The van der Waals surface area contributed by atoms with Gasteiger partial charge in [0.15, 0.2) is 0 Å². The van der Waals surface area contributed by atoms with Crippen LogP contribution in [0.4, 0.5) is 10.1 Å². The second-order valence-corrected chi connectivity index (χ2v) is 6.04. The number of carbonyl (C=O) groups is 1. The molecule has 0 bridgehead atoms. The highest BCUT2D eigenvalue weighted by atomic mass is 79.9. The topological polar surface area (TPSA) is 49.3 Å². The second kappa shape index (κ2) is 6.66. The van der Waals surface area contributed by atoms with E-state index in [1.54, 1.807) is 17.5 Å². The molecule has 1 aromatic carbocycles. The molecule has 0 saturated carbocycles. The summed E-state index contributed by atoms with van der Waals surface area (Å²) in [6.45, 7) is -0.328. The average molecular weight is 354 g/mol. The summed E-state index contributed by atoms with van der Waals surface area (Å²) >= 11 is 4.67. The molecule has 1 aromatic heterocycles. The lowest BCUT2D eigenvalue weighted by Gasteiger charge is -2.04. The number of aliphatic hydroxyl groups is 1. The normalized spacial score (nSPS) is 9.75. The van der Waals surface area contributed by atoms with E-state index in [1.165, 1.54) is 23.5 Å². The number of hydrogen-bond acceptors (Lipinski definition) is 3. The Hall–Kier alpha value is -1.68. The molecule has 20 heavy (non-hydrogen) atoms. The zero-order valence-electron chi connectivity index (χ0n) is 10.1. The number of aliphatic hydroxyl groups excluding tert-OH is 1. The maximum atomic E-state index is 13.7. The maximum absolute atomic E-state index is 13.7. The van der Waals surface area contributed by atoms with E-state index in [2.05, 4.69) is 33.1 Å². The molecule has 0 radical (unpaired) electrons. The molecule has 0 saturated heterocycles. The summed E-state index contributed by atoms with van der Waals surface area (Å²) in [5.41, 5.74) is 1.03. The van der Waals surface area contributed by atoms with Gasteiger partial charge in [0.2, 0.25) is 0 Å². The molecule has 0 aliphatic rings. The Morgan fingerprint density at radius 2 is 2.25 bits per heavy atom. The summed E-state index contributed by atoms with van der Waals surface area (Å²) in [5.74, 6) is 4.00. The van der Waals surface area contributed by atoms with Gasteiger partial charge < -0.3 is 10.4 Å². The minimum atomic E-state index is -0.546. The molecule has 2 N–H and O–H groups in total. The second-order valence-electron chi connectivity index (χ2n) is 3.75. The lowest BCUT2D eigenvalue weighted by molar-refractivity contribution is 0.102. The summed E-state index contributed by atoms with van der Waals surface area (Å²) in [6, 6.07) is 5.90. The van der Waals surface area contributed by atoms with Crippen LogP contribution in [0, 0.1) is 17.7 Å². The number of halogens is 2. The summed E-state index contributed by atoms with van der Waals surface area (Å²) in [7, 11) is 0. The highest BCUT2D eigenvalue weighted by Crippen LogP contribution is 2.22. The lowest BCUT2D eigenvalue weighted by atomic mass is 10.2. The molecule has 2 rings (SSSR count). The van der Waals surface area contributed by atoms with Gasteiger partial charge in [0, 0.05) is 11.1 Å². The van der Waals surface area contributed by atoms with Gasteiger partial charge in [-0.3, -0.25) is 4.79 Å². The Morgan fingerprint density at radius 3 is 2.85 bits per heavy atom. The fraction of sp³-hybridized carbons (Fsp3) is 0.0714. The first-order valence-electron chi connectivity index (χ1n) is 5.55. The number of rotatable bonds is 2. The third-order valence-corrected chi connectivity index (χ3v) is 3.86. The van der Waals surface area contributed by atoms with Gasteiger partial charge in [-0.15, -0.1) is 11.3 Å². The Kier molecular flexibility index (Phi) is 4.90. The minimum absolute atomic E-state index is 0.176. The van der Waals surface area contributed by atoms with Gasteiger partial charge in [-0.2, -0.15) is 0 Å². The van der Waals surface area contributed by atoms with Gasteiger partial charge >= 0.3 is 0 Å². The lowest BCUT2D eigenvalue weighted by Crippen LogP contribution is -2.11. The standard InChI is InChI=1S/C14H9BrFNO2S/c15-13-6-10(8-20-13)14(19)17-11-4-3-9(2-1-5-18)12(16)7-11/h3-4,6-8,18H,5H2,(H,17,19). The molecular weight excluding hydrogens is 345 g/mol. The van der Waals surface area contributed by atoms with Crippen LogP contribution >= 0.6 is 27.3 Å². The molecule has 2 aromatic rings. The average Bonchev–Trinajstić information content (AvgIpc) is 2.85. The zero-order chi connectivity index (χ0) is 14.5. The zero-order valence-corrected chi connectivity index (χ0v) is 12.5. The van der Waals surface area contributed by atoms with E-state index in [0.717, 1.165) is 3.79 Å². The van der Waals surface area contributed by atoms with Gasteiger partial charge in [-0.1, -0.05) is 11.8 Å². The van der Waals surface area contributed by atoms with E-state index in [0.29, 0.717) is 11.3 Å². The SMILES string of the molecule is O=C(Nc1ccc(C#CCO)c(F)c1)c1csc(Br)c1. The van der Waals surface area contributed by atoms with Gasteiger partial charge in [-0.25, -0.2) is 4.39 Å². The van der Waals surface area contributed by atoms with E-state index < -0.39 is 5.82 Å². The molecule has 102 valence electrons. The van der Waals surface area contributed by atoms with Crippen molar-refractivity contribution in [1.29, 1.82) is 0 Å². The predicted molar refractivity (Wildman–Crippen MR) is 80.3 cm³/mol. The van der Waals surface area contributed by atoms with Crippen molar-refractivity contribution in [1.82, 2.24) is 0 Å². The molecule has 0 fully saturated rings. The van der Waals surface area contributed by atoms with Crippen molar-refractivity contribution in [3.8, 4) is 11.8 Å². The Bertz CT molecular complexity index is 703. The Morgan fingerprint density at radius 1 is 1.45 bits per heavy atom. The van der Waals surface area contributed by atoms with Crippen LogP contribution in [0.15, 0.2) is 33.4 Å². The van der Waals surface area contributed by atoms with E-state index in [1.807, 2.05) is 0 Å². The third kappa shape index (κ3) is 3.67. The number of amides is 1. The van der Waals surface area contributed by atoms with E-state index in [9.17, 15) is 9.18 Å². The first kappa shape index (κ1) is 14.7. The monoisotopic (exact) mass is 353 g/mol.